The number of esters is 4. The molecular weight excluding hydrogens is 702 g/mol. The van der Waals surface area contributed by atoms with E-state index in [4.69, 9.17) is 4.74 Å². The van der Waals surface area contributed by atoms with Crippen molar-refractivity contribution in [1.29, 1.82) is 0 Å². The summed E-state index contributed by atoms with van der Waals surface area (Å²) >= 11 is 0. The van der Waals surface area contributed by atoms with Crippen LogP contribution in [0.4, 0.5) is 26.3 Å². The van der Waals surface area contributed by atoms with Gasteiger partial charge in [-0.3, -0.25) is 9.59 Å². The van der Waals surface area contributed by atoms with Crippen LogP contribution in [-0.2, 0) is 48.7 Å². The molecule has 6 rings (SSSR count). The van der Waals surface area contributed by atoms with Crippen LogP contribution in [0.25, 0.3) is 0 Å². The molecule has 4 bridgehead atoms. The number of halogens is 6. The molecule has 4 fully saturated rings. The van der Waals surface area contributed by atoms with Gasteiger partial charge in [-0.2, -0.15) is 26.3 Å². The second-order valence-corrected chi connectivity index (χ2v) is 16.4. The van der Waals surface area contributed by atoms with Crippen LogP contribution in [0.15, 0.2) is 24.3 Å². The zero-order valence-electron chi connectivity index (χ0n) is 25.5. The fraction of sp³-hybridized carbons (Fsp3) is 0.714. The molecule has 10 atom stereocenters. The first kappa shape index (κ1) is 38.0. The molecule has 20 heteroatoms. The van der Waals surface area contributed by atoms with Crippen LogP contribution in [-0.4, -0.2) is 64.8 Å². The number of rotatable bonds is 7. The molecular formula is C28H34F6N2O10S2. The monoisotopic (exact) mass is 736 g/mol. The van der Waals surface area contributed by atoms with Gasteiger partial charge in [0.15, 0.2) is 0 Å². The summed E-state index contributed by atoms with van der Waals surface area (Å²) in [6, 6.07) is 0. The lowest BCUT2D eigenvalue weighted by molar-refractivity contribution is -0.155. The molecule has 0 radical (unpaired) electrons. The Bertz CT molecular complexity index is 1560. The van der Waals surface area contributed by atoms with E-state index in [1.807, 2.05) is 13.0 Å². The average Bonchev–Trinajstić information content (AvgIpc) is 3.82. The number of allylic oxidation sites excluding steroid dienone is 2. The third kappa shape index (κ3) is 8.13. The molecule has 10 unspecified atom stereocenters. The molecule has 0 aromatic rings. The van der Waals surface area contributed by atoms with Gasteiger partial charge in [-0.05, 0) is 73.0 Å². The summed E-state index contributed by atoms with van der Waals surface area (Å²) in [6.07, 6.45) is 9.27. The molecule has 4 aliphatic carbocycles. The fourth-order valence-corrected chi connectivity index (χ4v) is 8.96. The largest absolute Gasteiger partial charge is 0.511 e. The van der Waals surface area contributed by atoms with Crippen molar-refractivity contribution in [3.63, 3.8) is 0 Å². The maximum Gasteiger partial charge on any atom is 0.511 e. The van der Waals surface area contributed by atoms with Gasteiger partial charge >= 0.3 is 54.9 Å². The second kappa shape index (κ2) is 13.8. The molecule has 2 N–H and O–H groups in total. The van der Waals surface area contributed by atoms with Gasteiger partial charge in [-0.1, -0.05) is 26.0 Å². The number of hydrogen-bond acceptors (Lipinski definition) is 10. The van der Waals surface area contributed by atoms with E-state index in [2.05, 4.69) is 10.8 Å². The van der Waals surface area contributed by atoms with Crippen LogP contribution >= 0.6 is 0 Å². The van der Waals surface area contributed by atoms with E-state index in [1.54, 1.807) is 16.4 Å². The Labute approximate surface area is 272 Å². The lowest BCUT2D eigenvalue weighted by Crippen LogP contribution is -2.43. The van der Waals surface area contributed by atoms with Gasteiger partial charge in [-0.25, -0.2) is 35.9 Å². The first-order valence-electron chi connectivity index (χ1n) is 15.0. The predicted octanol–water partition coefficient (Wildman–Crippen LogP) is 2.93. The van der Waals surface area contributed by atoms with Crippen molar-refractivity contribution in [1.82, 2.24) is 9.44 Å². The van der Waals surface area contributed by atoms with Crippen LogP contribution in [0.5, 0.6) is 0 Å². The third-order valence-corrected chi connectivity index (χ3v) is 12.4. The van der Waals surface area contributed by atoms with Gasteiger partial charge in [0.05, 0.1) is 11.8 Å². The summed E-state index contributed by atoms with van der Waals surface area (Å²) in [5.74, 6) is -3.00. The van der Waals surface area contributed by atoms with Crippen molar-refractivity contribution in [3.05, 3.63) is 24.3 Å². The zero-order chi connectivity index (χ0) is 36.0. The summed E-state index contributed by atoms with van der Waals surface area (Å²) in [5, 5.41) is 0. The molecule has 48 heavy (non-hydrogen) atoms. The first-order chi connectivity index (χ1) is 22.0. The molecule has 0 aromatic carbocycles. The highest BCUT2D eigenvalue weighted by atomic mass is 32.2. The van der Waals surface area contributed by atoms with E-state index >= 15 is 0 Å². The van der Waals surface area contributed by atoms with Crippen molar-refractivity contribution < 1.29 is 71.8 Å². The molecule has 0 amide bonds. The Hall–Kier alpha value is -2.84. The molecule has 12 nitrogen and oxygen atoms in total. The van der Waals surface area contributed by atoms with Crippen LogP contribution in [0.2, 0.25) is 0 Å². The number of sulfonamides is 2. The number of ether oxygens (including phenoxy) is 2. The number of alkyl halides is 6. The van der Waals surface area contributed by atoms with Crippen molar-refractivity contribution >= 4 is 43.9 Å². The van der Waals surface area contributed by atoms with Gasteiger partial charge in [-0.15, -0.1) is 0 Å². The molecule has 2 heterocycles. The van der Waals surface area contributed by atoms with E-state index in [9.17, 15) is 62.4 Å². The van der Waals surface area contributed by atoms with Gasteiger partial charge in [0.2, 0.25) is 0 Å². The minimum Gasteiger partial charge on any atom is -0.393 e. The first-order valence-corrected chi connectivity index (χ1v) is 18.0. The lowest BCUT2D eigenvalue weighted by Gasteiger charge is -2.37. The number of carbonyl (C=O) groups is 4. The van der Waals surface area contributed by atoms with Crippen molar-refractivity contribution in [2.45, 2.75) is 50.5 Å². The van der Waals surface area contributed by atoms with Crippen molar-refractivity contribution in [2.24, 2.45) is 59.2 Å². The summed E-state index contributed by atoms with van der Waals surface area (Å²) in [6.45, 7) is 3.18. The van der Waals surface area contributed by atoms with Crippen LogP contribution in [0.3, 0.4) is 0 Å². The highest BCUT2D eigenvalue weighted by molar-refractivity contribution is 7.90. The molecule has 270 valence electrons. The third-order valence-electron chi connectivity index (χ3n) is 10.1. The van der Waals surface area contributed by atoms with Gasteiger partial charge in [0.25, 0.3) is 0 Å². The highest BCUT2D eigenvalue weighted by Crippen LogP contribution is 2.59. The Balaban J connectivity index is 0.000000191. The molecule has 3 saturated carbocycles. The van der Waals surface area contributed by atoms with E-state index in [0.29, 0.717) is 12.3 Å². The van der Waals surface area contributed by atoms with Crippen molar-refractivity contribution in [3.8, 4) is 0 Å². The zero-order valence-corrected chi connectivity index (χ0v) is 27.1. The maximum atomic E-state index is 12.5. The summed E-state index contributed by atoms with van der Waals surface area (Å²) in [5.41, 5.74) is -10.5. The molecule has 0 spiro atoms. The van der Waals surface area contributed by atoms with E-state index in [-0.39, 0.29) is 54.5 Å². The quantitative estimate of drug-likeness (QED) is 0.171. The molecule has 0 aromatic heterocycles. The van der Waals surface area contributed by atoms with Crippen LogP contribution < -0.4 is 9.44 Å². The average molecular weight is 737 g/mol. The fourth-order valence-electron chi connectivity index (χ4n) is 7.77. The molecule has 6 aliphatic rings. The lowest BCUT2D eigenvalue weighted by atomic mass is 9.66. The Morgan fingerprint density at radius 3 is 1.65 bits per heavy atom. The van der Waals surface area contributed by atoms with Gasteiger partial charge in [0, 0.05) is 25.2 Å². The van der Waals surface area contributed by atoms with E-state index in [0.717, 1.165) is 31.4 Å². The standard InChI is InChI=1S/C15H20F3NO5S.C9H12F3NO2S.C4H2O3/c1-6-8-3-9(5-19-25(22,23)15(16,17)18)10(4-8)11(6)12-7(2)13(20)24-14(12)21;10-9(11,12)16(14,15)13-5-8-4-6-1-2-7(8)3-6;5-3-1-2-4(6)7-3/h6-12,19H,3-5H2,1-2H3;1-2,6-8,13H,3-5H2;1-2H. The summed E-state index contributed by atoms with van der Waals surface area (Å²) in [4.78, 5) is 43.6. The van der Waals surface area contributed by atoms with Crippen LogP contribution in [0, 0.1) is 59.2 Å². The van der Waals surface area contributed by atoms with Crippen molar-refractivity contribution in [2.75, 3.05) is 13.1 Å². The van der Waals surface area contributed by atoms with E-state index in [1.165, 1.54) is 0 Å². The second-order valence-electron chi connectivity index (χ2n) is 12.9. The number of nitrogens with one attached hydrogen (secondary N) is 2. The molecule has 2 aliphatic heterocycles. The number of fused-ring (bicyclic) bond motifs is 4. The minimum atomic E-state index is -5.38. The number of hydrogen-bond donors (Lipinski definition) is 2. The number of carbonyl (C=O) groups excluding carboxylic acids is 4. The smallest absolute Gasteiger partial charge is 0.393 e. The molecule has 1 saturated heterocycles. The van der Waals surface area contributed by atoms with Crippen LogP contribution in [0.1, 0.15) is 39.5 Å². The Morgan fingerprint density at radius 2 is 1.27 bits per heavy atom. The predicted molar refractivity (Wildman–Crippen MR) is 151 cm³/mol. The minimum absolute atomic E-state index is 0.00660. The normalized spacial score (nSPS) is 35.3. The van der Waals surface area contributed by atoms with E-state index < -0.39 is 66.8 Å². The SMILES string of the molecule is CC1C(=O)OC(=O)C1C1C(C)C2CC(CNS(=O)(=O)C(F)(F)F)C1C2.O=C1C=CC(=O)O1.O=S(=O)(NCC1CC2C=CC1C2)C(F)(F)F. The Morgan fingerprint density at radius 1 is 0.729 bits per heavy atom. The van der Waals surface area contributed by atoms with Gasteiger partial charge < -0.3 is 9.47 Å². The number of cyclic esters (lactones) is 4. The highest BCUT2D eigenvalue weighted by Gasteiger charge is 2.59. The maximum absolute atomic E-state index is 12.5. The topological polar surface area (TPSA) is 179 Å². The summed E-state index contributed by atoms with van der Waals surface area (Å²) in [7, 11) is -10.6. The van der Waals surface area contributed by atoms with Gasteiger partial charge in [0.1, 0.15) is 0 Å². The summed E-state index contributed by atoms with van der Waals surface area (Å²) < 4.78 is 129. The Kier molecular flexibility index (Phi) is 10.9.